The van der Waals surface area contributed by atoms with Crippen molar-refractivity contribution in [2.45, 2.75) is 37.6 Å². The average Bonchev–Trinajstić information content (AvgIpc) is 2.77. The van der Waals surface area contributed by atoms with Gasteiger partial charge in [-0.2, -0.15) is 0 Å². The van der Waals surface area contributed by atoms with Gasteiger partial charge in [-0.05, 0) is 25.0 Å². The summed E-state index contributed by atoms with van der Waals surface area (Å²) in [5, 5.41) is 11.7. The van der Waals surface area contributed by atoms with Crippen LogP contribution in [0.5, 0.6) is 0 Å². The first kappa shape index (κ1) is 13.5. The van der Waals surface area contributed by atoms with E-state index in [4.69, 9.17) is 5.11 Å². The first-order valence-electron chi connectivity index (χ1n) is 6.17. The summed E-state index contributed by atoms with van der Waals surface area (Å²) in [5.74, 6) is -1.91. The summed E-state index contributed by atoms with van der Waals surface area (Å²) in [6, 6.07) is 2.44. The van der Waals surface area contributed by atoms with Gasteiger partial charge in [-0.1, -0.05) is 12.8 Å². The Bertz CT molecular complexity index is 481. The minimum absolute atomic E-state index is 0.0954. The van der Waals surface area contributed by atoms with Crippen LogP contribution in [-0.4, -0.2) is 27.5 Å². The molecular weight excluding hydrogens is 251 g/mol. The molecule has 1 fully saturated rings. The second-order valence-electron chi connectivity index (χ2n) is 4.87. The molecule has 1 aromatic rings. The number of halogens is 1. The monoisotopic (exact) mass is 266 g/mol. The van der Waals surface area contributed by atoms with Gasteiger partial charge in [0.1, 0.15) is 11.5 Å². The number of pyridine rings is 1. The first-order chi connectivity index (χ1) is 9.01. The fourth-order valence-electron chi connectivity index (χ4n) is 2.50. The topological polar surface area (TPSA) is 79.3 Å². The molecule has 2 N–H and O–H groups in total. The molecule has 1 aliphatic carbocycles. The molecule has 6 heteroatoms. The summed E-state index contributed by atoms with van der Waals surface area (Å²) in [6.45, 7) is 0. The Labute approximate surface area is 109 Å². The standard InChI is InChI=1S/C13H15FN2O3/c14-9-3-4-10(15-8-9)12(19)16-13(7-11(17)18)5-1-2-6-13/h3-4,8H,1-2,5-7H2,(H,16,19)(H,17,18). The van der Waals surface area contributed by atoms with Gasteiger partial charge in [0.05, 0.1) is 18.2 Å². The normalized spacial score (nSPS) is 17.1. The van der Waals surface area contributed by atoms with E-state index in [9.17, 15) is 14.0 Å². The Morgan fingerprint density at radius 1 is 1.37 bits per heavy atom. The second kappa shape index (κ2) is 5.34. The van der Waals surface area contributed by atoms with E-state index in [0.717, 1.165) is 25.1 Å². The summed E-state index contributed by atoms with van der Waals surface area (Å²) in [5.41, 5.74) is -0.600. The van der Waals surface area contributed by atoms with Gasteiger partial charge in [0.15, 0.2) is 0 Å². The van der Waals surface area contributed by atoms with E-state index in [1.54, 1.807) is 0 Å². The fourth-order valence-corrected chi connectivity index (χ4v) is 2.50. The number of hydrogen-bond acceptors (Lipinski definition) is 3. The van der Waals surface area contributed by atoms with Crippen molar-refractivity contribution in [3.63, 3.8) is 0 Å². The predicted molar refractivity (Wildman–Crippen MR) is 65.1 cm³/mol. The van der Waals surface area contributed by atoms with Crippen LogP contribution in [0.3, 0.4) is 0 Å². The molecule has 0 saturated heterocycles. The second-order valence-corrected chi connectivity index (χ2v) is 4.87. The minimum Gasteiger partial charge on any atom is -0.481 e. The minimum atomic E-state index is -0.936. The lowest BCUT2D eigenvalue weighted by Gasteiger charge is -2.28. The zero-order valence-electron chi connectivity index (χ0n) is 10.4. The Morgan fingerprint density at radius 3 is 2.58 bits per heavy atom. The Hall–Kier alpha value is -1.98. The van der Waals surface area contributed by atoms with Crippen molar-refractivity contribution >= 4 is 11.9 Å². The molecule has 0 spiro atoms. The van der Waals surface area contributed by atoms with E-state index >= 15 is 0 Å². The number of amides is 1. The highest BCUT2D eigenvalue weighted by Gasteiger charge is 2.37. The van der Waals surface area contributed by atoms with Gasteiger partial charge in [0.25, 0.3) is 5.91 Å². The van der Waals surface area contributed by atoms with Crippen molar-refractivity contribution in [2.75, 3.05) is 0 Å². The molecule has 1 aromatic heterocycles. The van der Waals surface area contributed by atoms with E-state index in [1.807, 2.05) is 0 Å². The third-order valence-electron chi connectivity index (χ3n) is 3.39. The van der Waals surface area contributed by atoms with Crippen molar-refractivity contribution in [3.05, 3.63) is 29.8 Å². The molecule has 102 valence electrons. The van der Waals surface area contributed by atoms with Crippen molar-refractivity contribution in [1.82, 2.24) is 10.3 Å². The van der Waals surface area contributed by atoms with Gasteiger partial charge >= 0.3 is 5.97 Å². The summed E-state index contributed by atoms with van der Waals surface area (Å²) in [6.07, 6.45) is 3.95. The third-order valence-corrected chi connectivity index (χ3v) is 3.39. The van der Waals surface area contributed by atoms with Crippen LogP contribution in [0.4, 0.5) is 4.39 Å². The number of rotatable bonds is 4. The molecule has 5 nitrogen and oxygen atoms in total. The van der Waals surface area contributed by atoms with E-state index in [1.165, 1.54) is 6.07 Å². The molecule has 2 rings (SSSR count). The van der Waals surface area contributed by atoms with Gasteiger partial charge < -0.3 is 10.4 Å². The Balaban J connectivity index is 2.11. The number of aromatic nitrogens is 1. The lowest BCUT2D eigenvalue weighted by molar-refractivity contribution is -0.138. The molecule has 0 aromatic carbocycles. The quantitative estimate of drug-likeness (QED) is 0.870. The molecule has 0 unspecified atom stereocenters. The molecule has 1 heterocycles. The summed E-state index contributed by atoms with van der Waals surface area (Å²) >= 11 is 0. The van der Waals surface area contributed by atoms with Gasteiger partial charge in [-0.15, -0.1) is 0 Å². The molecule has 1 aliphatic rings. The van der Waals surface area contributed by atoms with Crippen LogP contribution in [0.1, 0.15) is 42.6 Å². The molecular formula is C13H15FN2O3. The van der Waals surface area contributed by atoms with Gasteiger partial charge in [-0.3, -0.25) is 9.59 Å². The number of nitrogens with zero attached hydrogens (tertiary/aromatic N) is 1. The van der Waals surface area contributed by atoms with Crippen LogP contribution in [0.25, 0.3) is 0 Å². The van der Waals surface area contributed by atoms with E-state index < -0.39 is 23.2 Å². The summed E-state index contributed by atoms with van der Waals surface area (Å²) in [7, 11) is 0. The molecule has 1 amide bonds. The molecule has 0 bridgehead atoms. The maximum Gasteiger partial charge on any atom is 0.305 e. The number of carboxylic acids is 1. The number of aliphatic carboxylic acids is 1. The van der Waals surface area contributed by atoms with Crippen LogP contribution < -0.4 is 5.32 Å². The van der Waals surface area contributed by atoms with Crippen molar-refractivity contribution in [1.29, 1.82) is 0 Å². The van der Waals surface area contributed by atoms with Gasteiger partial charge in [0.2, 0.25) is 0 Å². The van der Waals surface area contributed by atoms with Crippen molar-refractivity contribution in [3.8, 4) is 0 Å². The highest BCUT2D eigenvalue weighted by Crippen LogP contribution is 2.32. The largest absolute Gasteiger partial charge is 0.481 e. The maximum absolute atomic E-state index is 12.7. The van der Waals surface area contributed by atoms with Crippen LogP contribution in [0.2, 0.25) is 0 Å². The molecule has 19 heavy (non-hydrogen) atoms. The number of hydrogen-bond donors (Lipinski definition) is 2. The fraction of sp³-hybridized carbons (Fsp3) is 0.462. The van der Waals surface area contributed by atoms with Gasteiger partial charge in [0, 0.05) is 0 Å². The highest BCUT2D eigenvalue weighted by atomic mass is 19.1. The zero-order valence-corrected chi connectivity index (χ0v) is 10.4. The highest BCUT2D eigenvalue weighted by molar-refractivity contribution is 5.93. The van der Waals surface area contributed by atoms with E-state index in [0.29, 0.717) is 12.8 Å². The SMILES string of the molecule is O=C(O)CC1(NC(=O)c2ccc(F)cn2)CCCC1. The Morgan fingerprint density at radius 2 is 2.05 bits per heavy atom. The predicted octanol–water partition coefficient (Wildman–Crippen LogP) is 1.74. The summed E-state index contributed by atoms with van der Waals surface area (Å²) < 4.78 is 12.7. The van der Waals surface area contributed by atoms with Crippen LogP contribution in [-0.2, 0) is 4.79 Å². The lowest BCUT2D eigenvalue weighted by atomic mass is 9.93. The van der Waals surface area contributed by atoms with Crippen molar-refractivity contribution in [2.24, 2.45) is 0 Å². The molecule has 0 atom stereocenters. The average molecular weight is 266 g/mol. The smallest absolute Gasteiger partial charge is 0.305 e. The van der Waals surface area contributed by atoms with Crippen LogP contribution in [0.15, 0.2) is 18.3 Å². The van der Waals surface area contributed by atoms with Crippen molar-refractivity contribution < 1.29 is 19.1 Å². The van der Waals surface area contributed by atoms with Gasteiger partial charge in [-0.25, -0.2) is 9.37 Å². The van der Waals surface area contributed by atoms with Crippen LogP contribution >= 0.6 is 0 Å². The lowest BCUT2D eigenvalue weighted by Crippen LogP contribution is -2.48. The molecule has 0 radical (unpaired) electrons. The zero-order chi connectivity index (χ0) is 13.9. The summed E-state index contributed by atoms with van der Waals surface area (Å²) in [4.78, 5) is 26.6. The number of nitrogens with one attached hydrogen (secondary N) is 1. The number of carbonyl (C=O) groups excluding carboxylic acids is 1. The van der Waals surface area contributed by atoms with E-state index in [2.05, 4.69) is 10.3 Å². The van der Waals surface area contributed by atoms with Crippen LogP contribution in [0, 0.1) is 5.82 Å². The number of carbonyl (C=O) groups is 2. The third kappa shape index (κ3) is 3.27. The number of carboxylic acid groups (broad SMARTS) is 1. The molecule has 0 aliphatic heterocycles. The maximum atomic E-state index is 12.7. The Kier molecular flexibility index (Phi) is 3.78. The van der Waals surface area contributed by atoms with E-state index in [-0.39, 0.29) is 12.1 Å². The first-order valence-corrected chi connectivity index (χ1v) is 6.17. The molecule has 1 saturated carbocycles.